The van der Waals surface area contributed by atoms with E-state index >= 15 is 0 Å². The maximum atomic E-state index is 12.7. The Morgan fingerprint density at radius 1 is 1.14 bits per heavy atom. The molecule has 0 bridgehead atoms. The number of nitrogens with zero attached hydrogens (tertiary/aromatic N) is 1. The molecule has 0 saturated heterocycles. The highest BCUT2D eigenvalue weighted by Crippen LogP contribution is 2.39. The third-order valence-electron chi connectivity index (χ3n) is 3.35. The van der Waals surface area contributed by atoms with Gasteiger partial charge in [-0.15, -0.1) is 11.8 Å². The van der Waals surface area contributed by atoms with E-state index in [1.54, 1.807) is 18.2 Å². The fourth-order valence-electron chi connectivity index (χ4n) is 2.28. The van der Waals surface area contributed by atoms with Crippen molar-refractivity contribution >= 4 is 52.4 Å². The van der Waals surface area contributed by atoms with Crippen LogP contribution in [-0.4, -0.2) is 29.0 Å². The molecule has 0 atom stereocenters. The van der Waals surface area contributed by atoms with Gasteiger partial charge in [-0.3, -0.25) is 14.5 Å². The first kappa shape index (κ1) is 17.4. The quantitative estimate of drug-likeness (QED) is 0.696. The van der Waals surface area contributed by atoms with Crippen LogP contribution in [-0.2, 0) is 9.59 Å². The predicted molar refractivity (Wildman–Crippen MR) is 93.1 cm³/mol. The highest BCUT2D eigenvalue weighted by atomic mass is 35.5. The third kappa shape index (κ3) is 3.34. The summed E-state index contributed by atoms with van der Waals surface area (Å²) < 4.78 is 0. The maximum absolute atomic E-state index is 12.7. The molecule has 0 aromatic heterocycles. The summed E-state index contributed by atoms with van der Waals surface area (Å²) in [5.41, 5.74) is 0.967. The Hall–Kier alpha value is -0.970. The summed E-state index contributed by atoms with van der Waals surface area (Å²) in [6.45, 7) is 4.42. The van der Waals surface area contributed by atoms with Crippen molar-refractivity contribution in [1.29, 1.82) is 0 Å². The van der Waals surface area contributed by atoms with E-state index in [0.29, 0.717) is 38.4 Å². The van der Waals surface area contributed by atoms with E-state index in [-0.39, 0.29) is 11.8 Å². The van der Waals surface area contributed by atoms with Crippen LogP contribution in [0, 0.1) is 0 Å². The Morgan fingerprint density at radius 3 is 2.45 bits per heavy atom. The lowest BCUT2D eigenvalue weighted by molar-refractivity contribution is -0.136. The second-order valence-electron chi connectivity index (χ2n) is 4.88. The maximum Gasteiger partial charge on any atom is 0.267 e. The van der Waals surface area contributed by atoms with Crippen molar-refractivity contribution < 1.29 is 9.59 Å². The number of imide groups is 1. The summed E-state index contributed by atoms with van der Waals surface area (Å²) >= 11 is 13.5. The van der Waals surface area contributed by atoms with E-state index < -0.39 is 0 Å². The molecule has 0 saturated carbocycles. The van der Waals surface area contributed by atoms with Gasteiger partial charge in [-0.1, -0.05) is 49.5 Å². The van der Waals surface area contributed by atoms with Gasteiger partial charge in [-0.2, -0.15) is 0 Å². The molecule has 1 aliphatic rings. The van der Waals surface area contributed by atoms with E-state index in [4.69, 9.17) is 23.2 Å². The summed E-state index contributed by atoms with van der Waals surface area (Å²) in [7, 11) is 0. The predicted octanol–water partition coefficient (Wildman–Crippen LogP) is 4.63. The summed E-state index contributed by atoms with van der Waals surface area (Å²) in [6.07, 6.45) is 1.72. The van der Waals surface area contributed by atoms with Gasteiger partial charge in [0.25, 0.3) is 11.8 Å². The average Bonchev–Trinajstić information content (AvgIpc) is 2.70. The molecule has 0 aliphatic carbocycles. The Balaban J connectivity index is 2.48. The Morgan fingerprint density at radius 2 is 1.86 bits per heavy atom. The molecule has 118 valence electrons. The molecule has 1 heterocycles. The standard InChI is InChI=1S/C16H17Cl2NO2S/c1-3-5-8-19-15(20)13(14(16(19)21)22-4-2)11-7-6-10(17)9-12(11)18/h6-7,9H,3-5,8H2,1-2H3. The zero-order valence-electron chi connectivity index (χ0n) is 12.5. The molecular formula is C16H17Cl2NO2S. The SMILES string of the molecule is CCCCN1C(=O)C(SCC)=C(c2ccc(Cl)cc2Cl)C1=O. The Bertz CT molecular complexity index is 643. The molecule has 0 fully saturated rings. The molecule has 2 amide bonds. The number of benzene rings is 1. The average molecular weight is 358 g/mol. The molecule has 1 aliphatic heterocycles. The fourth-order valence-corrected chi connectivity index (χ4v) is 3.65. The highest BCUT2D eigenvalue weighted by molar-refractivity contribution is 8.04. The minimum Gasteiger partial charge on any atom is -0.274 e. The van der Waals surface area contributed by atoms with Crippen molar-refractivity contribution in [3.05, 3.63) is 38.7 Å². The van der Waals surface area contributed by atoms with Crippen molar-refractivity contribution in [2.24, 2.45) is 0 Å². The summed E-state index contributed by atoms with van der Waals surface area (Å²) in [5, 5.41) is 0.883. The molecule has 2 rings (SSSR count). The van der Waals surface area contributed by atoms with Crippen LogP contribution >= 0.6 is 35.0 Å². The van der Waals surface area contributed by atoms with Gasteiger partial charge in [0.15, 0.2) is 0 Å². The van der Waals surface area contributed by atoms with Crippen LogP contribution in [0.5, 0.6) is 0 Å². The van der Waals surface area contributed by atoms with Crippen LogP contribution in [0.15, 0.2) is 23.1 Å². The summed E-state index contributed by atoms with van der Waals surface area (Å²) in [6, 6.07) is 4.97. The van der Waals surface area contributed by atoms with Crippen LogP contribution in [0.25, 0.3) is 5.57 Å². The topological polar surface area (TPSA) is 37.4 Å². The normalized spacial score (nSPS) is 15.2. The van der Waals surface area contributed by atoms with Crippen molar-refractivity contribution in [2.75, 3.05) is 12.3 Å². The largest absolute Gasteiger partial charge is 0.274 e. The van der Waals surface area contributed by atoms with Crippen LogP contribution < -0.4 is 0 Å². The van der Waals surface area contributed by atoms with Crippen LogP contribution in [0.3, 0.4) is 0 Å². The zero-order chi connectivity index (χ0) is 16.3. The number of halogens is 2. The minimum atomic E-state index is -0.265. The molecular weight excluding hydrogens is 341 g/mol. The summed E-state index contributed by atoms with van der Waals surface area (Å²) in [5.74, 6) is 0.231. The lowest BCUT2D eigenvalue weighted by Crippen LogP contribution is -2.32. The van der Waals surface area contributed by atoms with Gasteiger partial charge in [-0.25, -0.2) is 0 Å². The van der Waals surface area contributed by atoms with Crippen LogP contribution in [0.1, 0.15) is 32.3 Å². The first-order valence-electron chi connectivity index (χ1n) is 7.19. The molecule has 6 heteroatoms. The van der Waals surface area contributed by atoms with Crippen molar-refractivity contribution in [3.8, 4) is 0 Å². The molecule has 3 nitrogen and oxygen atoms in total. The molecule has 1 aromatic rings. The molecule has 0 unspecified atom stereocenters. The number of rotatable bonds is 6. The number of amides is 2. The Kier molecular flexibility index (Phi) is 5.95. The molecule has 0 spiro atoms. The van der Waals surface area contributed by atoms with Gasteiger partial charge in [-0.05, 0) is 24.3 Å². The Labute approximate surface area is 144 Å². The van der Waals surface area contributed by atoms with E-state index in [1.807, 2.05) is 13.8 Å². The number of unbranched alkanes of at least 4 members (excludes halogenated alkanes) is 1. The number of hydrogen-bond acceptors (Lipinski definition) is 3. The van der Waals surface area contributed by atoms with Gasteiger partial charge < -0.3 is 0 Å². The van der Waals surface area contributed by atoms with E-state index in [9.17, 15) is 9.59 Å². The van der Waals surface area contributed by atoms with Crippen molar-refractivity contribution in [2.45, 2.75) is 26.7 Å². The molecule has 0 N–H and O–H groups in total. The molecule has 1 aromatic carbocycles. The number of thioether (sulfide) groups is 1. The number of carbonyl (C=O) groups is 2. The van der Waals surface area contributed by atoms with Crippen LogP contribution in [0.2, 0.25) is 10.0 Å². The zero-order valence-corrected chi connectivity index (χ0v) is 14.8. The van der Waals surface area contributed by atoms with E-state index in [1.165, 1.54) is 16.7 Å². The van der Waals surface area contributed by atoms with Crippen molar-refractivity contribution in [3.63, 3.8) is 0 Å². The third-order valence-corrected chi connectivity index (χ3v) is 4.85. The highest BCUT2D eigenvalue weighted by Gasteiger charge is 2.39. The van der Waals surface area contributed by atoms with Gasteiger partial charge >= 0.3 is 0 Å². The van der Waals surface area contributed by atoms with Crippen LogP contribution in [0.4, 0.5) is 0 Å². The lowest BCUT2D eigenvalue weighted by Gasteiger charge is -2.14. The van der Waals surface area contributed by atoms with Gasteiger partial charge in [0.1, 0.15) is 0 Å². The molecule has 22 heavy (non-hydrogen) atoms. The van der Waals surface area contributed by atoms with Crippen molar-refractivity contribution in [1.82, 2.24) is 4.90 Å². The van der Waals surface area contributed by atoms with E-state index in [2.05, 4.69) is 0 Å². The number of carbonyl (C=O) groups excluding carboxylic acids is 2. The fraction of sp³-hybridized carbons (Fsp3) is 0.375. The number of hydrogen-bond donors (Lipinski definition) is 0. The van der Waals surface area contributed by atoms with Gasteiger partial charge in [0.2, 0.25) is 0 Å². The monoisotopic (exact) mass is 357 g/mol. The molecule has 0 radical (unpaired) electrons. The lowest BCUT2D eigenvalue weighted by atomic mass is 10.1. The minimum absolute atomic E-state index is 0.216. The van der Waals surface area contributed by atoms with Gasteiger partial charge in [0.05, 0.1) is 15.5 Å². The first-order chi connectivity index (χ1) is 10.5. The first-order valence-corrected chi connectivity index (χ1v) is 8.94. The van der Waals surface area contributed by atoms with E-state index in [0.717, 1.165) is 12.8 Å². The smallest absolute Gasteiger partial charge is 0.267 e. The van der Waals surface area contributed by atoms with Gasteiger partial charge in [0, 0.05) is 17.1 Å². The second-order valence-corrected chi connectivity index (χ2v) is 6.99. The second kappa shape index (κ2) is 7.53. The summed E-state index contributed by atoms with van der Waals surface area (Å²) in [4.78, 5) is 27.0.